The number of halogens is 1. The van der Waals surface area contributed by atoms with Gasteiger partial charge in [-0.1, -0.05) is 41.1 Å². The van der Waals surface area contributed by atoms with Gasteiger partial charge in [-0.05, 0) is 73.6 Å². The molecule has 2 heterocycles. The van der Waals surface area contributed by atoms with Gasteiger partial charge in [0.15, 0.2) is 10.3 Å². The van der Waals surface area contributed by atoms with E-state index in [4.69, 9.17) is 16.0 Å². The first-order chi connectivity index (χ1) is 14.0. The highest BCUT2D eigenvalue weighted by atomic mass is 35.5. The molecule has 1 amide bonds. The molecule has 3 aromatic rings. The third kappa shape index (κ3) is 4.96. The minimum Gasteiger partial charge on any atom is -0.450 e. The zero-order valence-corrected chi connectivity index (χ0v) is 18.1. The second-order valence-electron chi connectivity index (χ2n) is 6.48. The van der Waals surface area contributed by atoms with Gasteiger partial charge >= 0.3 is 0 Å². The number of hydrogen-bond acceptors (Lipinski definition) is 5. The van der Waals surface area contributed by atoms with Crippen molar-refractivity contribution in [2.75, 3.05) is 0 Å². The van der Waals surface area contributed by atoms with Gasteiger partial charge in [0.1, 0.15) is 5.76 Å². The zero-order chi connectivity index (χ0) is 20.4. The Morgan fingerprint density at radius 3 is 2.66 bits per heavy atom. The molecule has 1 N–H and O–H groups in total. The summed E-state index contributed by atoms with van der Waals surface area (Å²) in [7, 11) is 0. The lowest BCUT2D eigenvalue weighted by Crippen LogP contribution is -2.19. The summed E-state index contributed by atoms with van der Waals surface area (Å²) in [6.45, 7) is 4.05. The monoisotopic (exact) mass is 440 g/mol. The van der Waals surface area contributed by atoms with Gasteiger partial charge in [-0.25, -0.2) is 4.99 Å². The number of carbonyl (C=O) groups excluding carboxylic acids is 1. The first-order valence-electron chi connectivity index (χ1n) is 8.86. The Labute approximate surface area is 182 Å². The van der Waals surface area contributed by atoms with Gasteiger partial charge < -0.3 is 9.73 Å². The molecule has 0 atom stereocenters. The number of aryl methyl sites for hydroxylation is 2. The summed E-state index contributed by atoms with van der Waals surface area (Å²) in [5.41, 5.74) is 3.10. The second-order valence-corrected chi connectivity index (χ2v) is 9.03. The molecule has 4 nitrogen and oxygen atoms in total. The molecule has 1 aliphatic rings. The standard InChI is InChI=1S/C22H17ClN2O2S2/c1-13-3-9-18(14(2)11-13)24-22-25-21(26)19(29-22)12-16-6-10-20(27-16)28-17-7-4-15(23)5-8-17/h3-12H,1-2H3,(H,24,25,26). The summed E-state index contributed by atoms with van der Waals surface area (Å²) in [5, 5.41) is 4.82. The minimum atomic E-state index is -0.179. The number of nitrogens with one attached hydrogen (secondary N) is 1. The van der Waals surface area contributed by atoms with Gasteiger partial charge in [-0.15, -0.1) is 0 Å². The molecule has 2 aromatic carbocycles. The van der Waals surface area contributed by atoms with Crippen molar-refractivity contribution in [1.29, 1.82) is 0 Å². The first kappa shape index (κ1) is 19.9. The maximum absolute atomic E-state index is 12.3. The average molecular weight is 441 g/mol. The molecule has 1 saturated heterocycles. The number of furan rings is 1. The predicted octanol–water partition coefficient (Wildman–Crippen LogP) is 6.59. The molecular formula is C22H17ClN2O2S2. The Bertz CT molecular complexity index is 1130. The van der Waals surface area contributed by atoms with Crippen LogP contribution >= 0.6 is 35.1 Å². The molecule has 0 unspecified atom stereocenters. The fourth-order valence-corrected chi connectivity index (χ4v) is 4.45. The first-order valence-corrected chi connectivity index (χ1v) is 10.9. The molecule has 0 bridgehead atoms. The molecular weight excluding hydrogens is 424 g/mol. The van der Waals surface area contributed by atoms with E-state index in [1.165, 1.54) is 29.1 Å². The summed E-state index contributed by atoms with van der Waals surface area (Å²) in [6, 6.07) is 17.3. The van der Waals surface area contributed by atoms with Crippen LogP contribution in [-0.4, -0.2) is 11.1 Å². The van der Waals surface area contributed by atoms with E-state index in [2.05, 4.69) is 16.4 Å². The predicted molar refractivity (Wildman–Crippen MR) is 121 cm³/mol. The molecule has 4 rings (SSSR count). The SMILES string of the molecule is Cc1ccc(N=C2NC(=O)C(=Cc3ccc(Sc4ccc(Cl)cc4)o3)S2)c(C)c1. The second kappa shape index (κ2) is 8.53. The number of benzene rings is 2. The summed E-state index contributed by atoms with van der Waals surface area (Å²) < 4.78 is 5.83. The van der Waals surface area contributed by atoms with E-state index < -0.39 is 0 Å². The number of rotatable bonds is 4. The Balaban J connectivity index is 1.48. The Morgan fingerprint density at radius 1 is 1.10 bits per heavy atom. The van der Waals surface area contributed by atoms with Crippen LogP contribution in [0.1, 0.15) is 16.9 Å². The number of amides is 1. The van der Waals surface area contributed by atoms with Gasteiger partial charge in [0, 0.05) is 16.0 Å². The lowest BCUT2D eigenvalue weighted by molar-refractivity contribution is -0.115. The van der Waals surface area contributed by atoms with Crippen molar-refractivity contribution in [1.82, 2.24) is 5.32 Å². The molecule has 1 aliphatic heterocycles. The number of nitrogens with zero attached hydrogens (tertiary/aromatic N) is 1. The number of amidine groups is 1. The molecule has 0 radical (unpaired) electrons. The topological polar surface area (TPSA) is 54.6 Å². The Hall–Kier alpha value is -2.41. The fourth-order valence-electron chi connectivity index (χ4n) is 2.74. The third-order valence-electron chi connectivity index (χ3n) is 4.13. The molecule has 29 heavy (non-hydrogen) atoms. The fraction of sp³-hybridized carbons (Fsp3) is 0.0909. The third-order valence-corrected chi connectivity index (χ3v) is 6.22. The Morgan fingerprint density at radius 2 is 1.90 bits per heavy atom. The van der Waals surface area contributed by atoms with Crippen LogP contribution in [0.3, 0.4) is 0 Å². The summed E-state index contributed by atoms with van der Waals surface area (Å²) in [5.74, 6) is 0.439. The number of thioether (sulfide) groups is 1. The van der Waals surface area contributed by atoms with Crippen molar-refractivity contribution in [3.05, 3.63) is 81.4 Å². The van der Waals surface area contributed by atoms with Gasteiger partial charge in [-0.2, -0.15) is 0 Å². The largest absolute Gasteiger partial charge is 0.450 e. The van der Waals surface area contributed by atoms with Gasteiger partial charge in [0.05, 0.1) is 10.6 Å². The van der Waals surface area contributed by atoms with Crippen LogP contribution in [0.15, 0.2) is 78.9 Å². The van der Waals surface area contributed by atoms with E-state index in [9.17, 15) is 4.79 Å². The maximum atomic E-state index is 12.3. The van der Waals surface area contributed by atoms with E-state index >= 15 is 0 Å². The number of carbonyl (C=O) groups is 1. The lowest BCUT2D eigenvalue weighted by atomic mass is 10.1. The molecule has 7 heteroatoms. The smallest absolute Gasteiger partial charge is 0.264 e. The lowest BCUT2D eigenvalue weighted by Gasteiger charge is -2.02. The quantitative estimate of drug-likeness (QED) is 0.465. The summed E-state index contributed by atoms with van der Waals surface area (Å²) in [6.07, 6.45) is 1.73. The van der Waals surface area contributed by atoms with Crippen LogP contribution in [0.2, 0.25) is 5.02 Å². The van der Waals surface area contributed by atoms with E-state index in [1.807, 2.05) is 62.4 Å². The van der Waals surface area contributed by atoms with Crippen molar-refractivity contribution in [3.8, 4) is 0 Å². The molecule has 1 aromatic heterocycles. The van der Waals surface area contributed by atoms with Crippen LogP contribution < -0.4 is 5.32 Å². The van der Waals surface area contributed by atoms with Crippen molar-refractivity contribution < 1.29 is 9.21 Å². The van der Waals surface area contributed by atoms with E-state index in [-0.39, 0.29) is 5.91 Å². The van der Waals surface area contributed by atoms with Crippen molar-refractivity contribution in [2.45, 2.75) is 23.8 Å². The van der Waals surface area contributed by atoms with Gasteiger partial charge in [0.25, 0.3) is 5.91 Å². The molecule has 0 saturated carbocycles. The Kier molecular flexibility index (Phi) is 5.85. The molecule has 1 fully saturated rings. The number of aliphatic imine (C=N–C) groups is 1. The molecule has 0 aliphatic carbocycles. The maximum Gasteiger partial charge on any atom is 0.264 e. The van der Waals surface area contributed by atoms with Crippen LogP contribution in [-0.2, 0) is 4.79 Å². The van der Waals surface area contributed by atoms with E-state index in [1.54, 1.807) is 6.08 Å². The van der Waals surface area contributed by atoms with Crippen LogP contribution in [0.4, 0.5) is 5.69 Å². The highest BCUT2D eigenvalue weighted by Gasteiger charge is 2.24. The highest BCUT2D eigenvalue weighted by molar-refractivity contribution is 8.18. The van der Waals surface area contributed by atoms with Crippen molar-refractivity contribution >= 4 is 58.0 Å². The number of hydrogen-bond donors (Lipinski definition) is 1. The van der Waals surface area contributed by atoms with E-state index in [0.29, 0.717) is 20.9 Å². The van der Waals surface area contributed by atoms with Crippen molar-refractivity contribution in [2.24, 2.45) is 4.99 Å². The zero-order valence-electron chi connectivity index (χ0n) is 15.7. The van der Waals surface area contributed by atoms with Crippen LogP contribution in [0.25, 0.3) is 6.08 Å². The van der Waals surface area contributed by atoms with Gasteiger partial charge in [-0.3, -0.25) is 4.79 Å². The van der Waals surface area contributed by atoms with Crippen molar-refractivity contribution in [3.63, 3.8) is 0 Å². The van der Waals surface area contributed by atoms with Gasteiger partial charge in [0.2, 0.25) is 0 Å². The minimum absolute atomic E-state index is 0.179. The average Bonchev–Trinajstić information content (AvgIpc) is 3.26. The summed E-state index contributed by atoms with van der Waals surface area (Å²) >= 11 is 8.72. The summed E-state index contributed by atoms with van der Waals surface area (Å²) in [4.78, 5) is 18.5. The molecule has 0 spiro atoms. The highest BCUT2D eigenvalue weighted by Crippen LogP contribution is 2.33. The molecule has 146 valence electrons. The van der Waals surface area contributed by atoms with E-state index in [0.717, 1.165) is 21.2 Å². The van der Waals surface area contributed by atoms with Crippen LogP contribution in [0, 0.1) is 13.8 Å². The van der Waals surface area contributed by atoms with Crippen LogP contribution in [0.5, 0.6) is 0 Å². The normalized spacial score (nSPS) is 16.6.